The van der Waals surface area contributed by atoms with Crippen LogP contribution >= 0.6 is 15.9 Å². The topological polar surface area (TPSA) is 20.2 Å². The molecule has 1 fully saturated rings. The minimum absolute atomic E-state index is 0.373. The highest BCUT2D eigenvalue weighted by molar-refractivity contribution is 9.10. The lowest BCUT2D eigenvalue weighted by atomic mass is 9.89. The van der Waals surface area contributed by atoms with Gasteiger partial charge in [-0.1, -0.05) is 22.0 Å². The van der Waals surface area contributed by atoms with E-state index in [1.54, 1.807) is 0 Å². The number of halogens is 1. The Balaban J connectivity index is 1.92. The molecule has 0 aromatic heterocycles. The highest BCUT2D eigenvalue weighted by atomic mass is 79.9. The molecule has 0 unspecified atom stereocenters. The van der Waals surface area contributed by atoms with Gasteiger partial charge in [0, 0.05) is 10.9 Å². The molecule has 0 bridgehead atoms. The first-order valence-corrected chi connectivity index (χ1v) is 6.98. The van der Waals surface area contributed by atoms with Gasteiger partial charge in [-0.15, -0.1) is 0 Å². The van der Waals surface area contributed by atoms with Gasteiger partial charge in [0.15, 0.2) is 0 Å². The van der Waals surface area contributed by atoms with Crippen LogP contribution in [0.4, 0.5) is 0 Å². The largest absolute Gasteiger partial charge is 0.390 e. The van der Waals surface area contributed by atoms with E-state index < -0.39 is 0 Å². The van der Waals surface area contributed by atoms with E-state index in [9.17, 15) is 5.11 Å². The van der Waals surface area contributed by atoms with Crippen LogP contribution in [0.2, 0.25) is 0 Å². The van der Waals surface area contributed by atoms with Crippen LogP contribution in [0.1, 0.15) is 42.4 Å². The van der Waals surface area contributed by atoms with Crippen molar-refractivity contribution >= 4 is 15.9 Å². The lowest BCUT2D eigenvalue weighted by Crippen LogP contribution is -2.12. The van der Waals surface area contributed by atoms with Crippen molar-refractivity contribution in [3.63, 3.8) is 0 Å². The molecule has 1 nitrogen and oxygen atoms in total. The molecular formula is C14H17BrO. The van der Waals surface area contributed by atoms with Crippen LogP contribution in [-0.4, -0.2) is 10.7 Å². The fourth-order valence-electron chi connectivity index (χ4n) is 2.68. The smallest absolute Gasteiger partial charge is 0.0690 e. The standard InChI is InChI=1S/C14H17BrO/c15-13-8-10(9-14(16)5-6-14)7-11-3-1-2-4-12(11)13/h7-8,16H,1-6,9H2. The van der Waals surface area contributed by atoms with Crippen molar-refractivity contribution in [1.29, 1.82) is 0 Å². The molecule has 0 radical (unpaired) electrons. The van der Waals surface area contributed by atoms with Gasteiger partial charge >= 0.3 is 0 Å². The van der Waals surface area contributed by atoms with E-state index in [0.717, 1.165) is 19.3 Å². The molecule has 0 amide bonds. The van der Waals surface area contributed by atoms with Crippen LogP contribution in [0, 0.1) is 0 Å². The van der Waals surface area contributed by atoms with Gasteiger partial charge in [0.1, 0.15) is 0 Å². The summed E-state index contributed by atoms with van der Waals surface area (Å²) in [7, 11) is 0. The molecule has 1 N–H and O–H groups in total. The molecule has 1 aromatic carbocycles. The Labute approximate surface area is 105 Å². The zero-order chi connectivity index (χ0) is 11.2. The Hall–Kier alpha value is -0.340. The molecule has 2 aliphatic carbocycles. The quantitative estimate of drug-likeness (QED) is 0.881. The van der Waals surface area contributed by atoms with E-state index in [-0.39, 0.29) is 5.60 Å². The van der Waals surface area contributed by atoms with Crippen LogP contribution in [0.25, 0.3) is 0 Å². The highest BCUT2D eigenvalue weighted by Gasteiger charge is 2.40. The van der Waals surface area contributed by atoms with Crippen LogP contribution < -0.4 is 0 Å². The molecule has 0 spiro atoms. The van der Waals surface area contributed by atoms with Crippen LogP contribution in [0.3, 0.4) is 0 Å². The Morgan fingerprint density at radius 2 is 1.94 bits per heavy atom. The van der Waals surface area contributed by atoms with Gasteiger partial charge in [0.2, 0.25) is 0 Å². The predicted molar refractivity (Wildman–Crippen MR) is 68.7 cm³/mol. The van der Waals surface area contributed by atoms with Gasteiger partial charge in [-0.05, 0) is 61.3 Å². The van der Waals surface area contributed by atoms with Crippen LogP contribution in [0.15, 0.2) is 16.6 Å². The Morgan fingerprint density at radius 1 is 1.19 bits per heavy atom. The molecule has 16 heavy (non-hydrogen) atoms. The van der Waals surface area contributed by atoms with E-state index in [4.69, 9.17) is 0 Å². The summed E-state index contributed by atoms with van der Waals surface area (Å²) >= 11 is 3.68. The number of rotatable bonds is 2. The normalized spacial score (nSPS) is 21.6. The summed E-state index contributed by atoms with van der Waals surface area (Å²) in [6.45, 7) is 0. The third-order valence-corrected chi connectivity index (χ3v) is 4.54. The minimum Gasteiger partial charge on any atom is -0.390 e. The molecule has 2 aliphatic rings. The zero-order valence-corrected chi connectivity index (χ0v) is 11.0. The van der Waals surface area contributed by atoms with Crippen molar-refractivity contribution in [2.24, 2.45) is 0 Å². The summed E-state index contributed by atoms with van der Waals surface area (Å²) in [4.78, 5) is 0. The van der Waals surface area contributed by atoms with E-state index in [2.05, 4.69) is 28.1 Å². The molecule has 0 atom stereocenters. The van der Waals surface area contributed by atoms with Crippen LogP contribution in [0.5, 0.6) is 0 Å². The Bertz CT molecular complexity index is 421. The lowest BCUT2D eigenvalue weighted by molar-refractivity contribution is 0.151. The number of hydrogen-bond donors (Lipinski definition) is 1. The Morgan fingerprint density at radius 3 is 2.69 bits per heavy atom. The summed E-state index contributed by atoms with van der Waals surface area (Å²) in [5, 5.41) is 9.96. The van der Waals surface area contributed by atoms with Crippen molar-refractivity contribution < 1.29 is 5.11 Å². The molecule has 86 valence electrons. The number of aryl methyl sites for hydroxylation is 1. The van der Waals surface area contributed by atoms with Crippen molar-refractivity contribution in [1.82, 2.24) is 0 Å². The number of hydrogen-bond acceptors (Lipinski definition) is 1. The molecule has 0 heterocycles. The molecule has 0 aliphatic heterocycles. The number of fused-ring (bicyclic) bond motifs is 1. The molecular weight excluding hydrogens is 264 g/mol. The number of benzene rings is 1. The van der Waals surface area contributed by atoms with Gasteiger partial charge in [-0.2, -0.15) is 0 Å². The average molecular weight is 281 g/mol. The second-order valence-electron chi connectivity index (χ2n) is 5.32. The average Bonchev–Trinajstić information content (AvgIpc) is 2.96. The van der Waals surface area contributed by atoms with E-state index in [0.29, 0.717) is 0 Å². The lowest BCUT2D eigenvalue weighted by Gasteiger charge is -2.19. The summed E-state index contributed by atoms with van der Waals surface area (Å²) in [5.74, 6) is 0. The third kappa shape index (κ3) is 2.05. The van der Waals surface area contributed by atoms with Crippen molar-refractivity contribution in [3.8, 4) is 0 Å². The molecule has 3 rings (SSSR count). The van der Waals surface area contributed by atoms with Gasteiger partial charge < -0.3 is 5.11 Å². The summed E-state index contributed by atoms with van der Waals surface area (Å²) in [6.07, 6.45) is 7.82. The maximum atomic E-state index is 9.96. The van der Waals surface area contributed by atoms with E-state index in [1.165, 1.54) is 46.8 Å². The SMILES string of the molecule is OC1(Cc2cc(Br)c3c(c2)CCCC3)CC1. The summed E-state index contributed by atoms with van der Waals surface area (Å²) in [5.41, 5.74) is 3.92. The van der Waals surface area contributed by atoms with Crippen LogP contribution in [-0.2, 0) is 19.3 Å². The molecule has 1 aromatic rings. The first-order valence-electron chi connectivity index (χ1n) is 6.19. The van der Waals surface area contributed by atoms with Crippen molar-refractivity contribution in [2.75, 3.05) is 0 Å². The second-order valence-corrected chi connectivity index (χ2v) is 6.18. The van der Waals surface area contributed by atoms with E-state index >= 15 is 0 Å². The van der Waals surface area contributed by atoms with Gasteiger partial charge in [-0.25, -0.2) is 0 Å². The second kappa shape index (κ2) is 3.85. The van der Waals surface area contributed by atoms with Gasteiger partial charge in [-0.3, -0.25) is 0 Å². The Kier molecular flexibility index (Phi) is 2.60. The first kappa shape index (κ1) is 10.8. The molecule has 0 saturated heterocycles. The minimum atomic E-state index is -0.373. The fraction of sp³-hybridized carbons (Fsp3) is 0.571. The monoisotopic (exact) mass is 280 g/mol. The van der Waals surface area contributed by atoms with Gasteiger partial charge in [0.25, 0.3) is 0 Å². The van der Waals surface area contributed by atoms with Crippen molar-refractivity contribution in [3.05, 3.63) is 33.3 Å². The summed E-state index contributed by atoms with van der Waals surface area (Å²) in [6, 6.07) is 4.52. The van der Waals surface area contributed by atoms with Crippen molar-refractivity contribution in [2.45, 2.75) is 50.5 Å². The van der Waals surface area contributed by atoms with Gasteiger partial charge in [0.05, 0.1) is 5.60 Å². The number of aliphatic hydroxyl groups is 1. The highest BCUT2D eigenvalue weighted by Crippen LogP contribution is 2.39. The molecule has 1 saturated carbocycles. The first-order chi connectivity index (χ1) is 7.66. The zero-order valence-electron chi connectivity index (χ0n) is 9.43. The maximum Gasteiger partial charge on any atom is 0.0690 e. The molecule has 2 heteroatoms. The van der Waals surface area contributed by atoms with E-state index in [1.807, 2.05) is 0 Å². The third-order valence-electron chi connectivity index (χ3n) is 3.83. The fourth-order valence-corrected chi connectivity index (χ4v) is 3.43. The maximum absolute atomic E-state index is 9.96. The predicted octanol–water partition coefficient (Wildman–Crippen LogP) is 3.40. The summed E-state index contributed by atoms with van der Waals surface area (Å²) < 4.78 is 1.25.